The fourth-order valence-corrected chi connectivity index (χ4v) is 7.45. The first kappa shape index (κ1) is 35.9. The van der Waals surface area contributed by atoms with Crippen molar-refractivity contribution in [3.05, 3.63) is 160 Å². The molecule has 0 fully saturated rings. The molecule has 0 aromatic heterocycles. The van der Waals surface area contributed by atoms with Crippen molar-refractivity contribution in [3.63, 3.8) is 0 Å². The quantitative estimate of drug-likeness (QED) is 0.254. The van der Waals surface area contributed by atoms with Gasteiger partial charge in [-0.25, -0.2) is 0 Å². The molecule has 47 heavy (non-hydrogen) atoms. The monoisotopic (exact) mass is 622 g/mol. The number of rotatable bonds is 4. The molecule has 0 bridgehead atoms. The SMILES string of the molecule is C=CCC1C=CC(C=C)=CC1.CC.CCc1ccc2c(c1)C(C)(C)c1cc(C)ccc1-2.Cc1ccc2c(c1)C(C)(C)C1=C2CCC=C1. The molecule has 0 saturated heterocycles. The van der Waals surface area contributed by atoms with Crippen molar-refractivity contribution in [1.29, 1.82) is 0 Å². The Kier molecular flexibility index (Phi) is 11.7. The van der Waals surface area contributed by atoms with E-state index in [1.807, 2.05) is 26.0 Å². The minimum Gasteiger partial charge on any atom is -0.103 e. The molecule has 0 amide bonds. The maximum Gasteiger partial charge on any atom is 0.0159 e. The Bertz CT molecular complexity index is 1730. The Morgan fingerprint density at radius 3 is 1.94 bits per heavy atom. The van der Waals surface area contributed by atoms with E-state index in [9.17, 15) is 0 Å². The highest BCUT2D eigenvalue weighted by atomic mass is 14.4. The topological polar surface area (TPSA) is 0 Å². The summed E-state index contributed by atoms with van der Waals surface area (Å²) in [5.74, 6) is 0.663. The van der Waals surface area contributed by atoms with Gasteiger partial charge in [0, 0.05) is 10.8 Å². The van der Waals surface area contributed by atoms with Crippen LogP contribution in [0.25, 0.3) is 16.7 Å². The summed E-state index contributed by atoms with van der Waals surface area (Å²) in [6.45, 7) is 27.4. The lowest BCUT2D eigenvalue weighted by molar-refractivity contribution is 0.650. The van der Waals surface area contributed by atoms with Crippen LogP contribution in [0.5, 0.6) is 0 Å². The van der Waals surface area contributed by atoms with Gasteiger partial charge in [-0.3, -0.25) is 0 Å². The molecule has 246 valence electrons. The van der Waals surface area contributed by atoms with Gasteiger partial charge in [0.2, 0.25) is 0 Å². The lowest BCUT2D eigenvalue weighted by Crippen LogP contribution is -2.16. The molecule has 4 aliphatic carbocycles. The van der Waals surface area contributed by atoms with Crippen LogP contribution in [0.4, 0.5) is 0 Å². The molecule has 0 nitrogen and oxygen atoms in total. The highest BCUT2D eigenvalue weighted by Crippen LogP contribution is 2.50. The fourth-order valence-electron chi connectivity index (χ4n) is 7.45. The zero-order valence-electron chi connectivity index (χ0n) is 30.8. The molecule has 0 spiro atoms. The molecule has 0 radical (unpaired) electrons. The predicted octanol–water partition coefficient (Wildman–Crippen LogP) is 13.5. The molecule has 0 aliphatic heterocycles. The minimum atomic E-state index is 0.141. The number of hydrogen-bond acceptors (Lipinski definition) is 0. The van der Waals surface area contributed by atoms with Gasteiger partial charge < -0.3 is 0 Å². The highest BCUT2D eigenvalue weighted by Gasteiger charge is 2.37. The molecule has 0 N–H and O–H groups in total. The summed E-state index contributed by atoms with van der Waals surface area (Å²) in [6, 6.07) is 20.7. The second kappa shape index (κ2) is 15.3. The van der Waals surface area contributed by atoms with Crippen molar-refractivity contribution in [2.75, 3.05) is 0 Å². The normalized spacial score (nSPS) is 18.4. The largest absolute Gasteiger partial charge is 0.103 e. The van der Waals surface area contributed by atoms with Crippen LogP contribution in [0, 0.1) is 19.8 Å². The Hall–Kier alpha value is -3.90. The van der Waals surface area contributed by atoms with Crippen LogP contribution < -0.4 is 0 Å². The van der Waals surface area contributed by atoms with E-state index in [0.29, 0.717) is 5.92 Å². The third-order valence-electron chi connectivity index (χ3n) is 10.2. The van der Waals surface area contributed by atoms with E-state index in [1.54, 1.807) is 11.1 Å². The van der Waals surface area contributed by atoms with E-state index in [2.05, 4.69) is 147 Å². The Labute approximate surface area is 287 Å². The van der Waals surface area contributed by atoms with Crippen molar-refractivity contribution in [2.24, 2.45) is 5.92 Å². The number of hydrogen-bond donors (Lipinski definition) is 0. The molecule has 0 heteroatoms. The van der Waals surface area contributed by atoms with Crippen LogP contribution in [0.15, 0.2) is 121 Å². The molecular weight excluding hydrogens is 565 g/mol. The first-order chi connectivity index (χ1) is 22.5. The maximum atomic E-state index is 3.72. The van der Waals surface area contributed by atoms with Gasteiger partial charge in [0.05, 0.1) is 0 Å². The molecule has 1 atom stereocenters. The van der Waals surface area contributed by atoms with Crippen LogP contribution in [0.3, 0.4) is 0 Å². The fraction of sp³-hybridized carbons (Fsp3) is 0.362. The summed E-state index contributed by atoms with van der Waals surface area (Å²) in [7, 11) is 0. The standard InChI is InChI=1S/C18H20.C16H18.C11H14.C2H6/c1-5-13-7-9-15-14-8-6-12(2)10-16(14)18(3,4)17(15)11-13;1-11-8-9-13-12-6-4-5-7-14(12)16(2,3)15(13)10-11;1-3-5-11-8-6-10(4-2)7-9-11;1-2/h6-11H,5H2,1-4H3;5,7-10H,4,6H2,1-3H3;3-4,6-8,11H,1-2,5,9H2;1-2H3. The Morgan fingerprint density at radius 1 is 0.766 bits per heavy atom. The Balaban J connectivity index is 0.000000160. The van der Waals surface area contributed by atoms with Crippen molar-refractivity contribution >= 4 is 5.57 Å². The second-order valence-corrected chi connectivity index (χ2v) is 14.2. The lowest BCUT2D eigenvalue weighted by atomic mass is 9.80. The zero-order chi connectivity index (χ0) is 34.4. The smallest absolute Gasteiger partial charge is 0.0159 e. The number of allylic oxidation sites excluding steroid dienone is 10. The van der Waals surface area contributed by atoms with E-state index in [1.165, 1.54) is 68.5 Å². The molecule has 1 unspecified atom stereocenters. The van der Waals surface area contributed by atoms with Gasteiger partial charge in [-0.2, -0.15) is 0 Å². The van der Waals surface area contributed by atoms with Gasteiger partial charge in [0.15, 0.2) is 0 Å². The summed E-state index contributed by atoms with van der Waals surface area (Å²) in [5, 5.41) is 0. The highest BCUT2D eigenvalue weighted by molar-refractivity contribution is 5.83. The van der Waals surface area contributed by atoms with Gasteiger partial charge in [0.1, 0.15) is 0 Å². The summed E-state index contributed by atoms with van der Waals surface area (Å²) < 4.78 is 0. The lowest BCUT2D eigenvalue weighted by Gasteiger charge is -2.24. The van der Waals surface area contributed by atoms with Crippen molar-refractivity contribution < 1.29 is 0 Å². The van der Waals surface area contributed by atoms with E-state index in [0.717, 1.165) is 19.3 Å². The van der Waals surface area contributed by atoms with Crippen LogP contribution in [0.2, 0.25) is 0 Å². The average molecular weight is 623 g/mol. The van der Waals surface area contributed by atoms with Crippen molar-refractivity contribution in [3.8, 4) is 11.1 Å². The molecule has 3 aromatic rings. The number of aryl methyl sites for hydroxylation is 3. The average Bonchev–Trinajstić information content (AvgIpc) is 3.45. The van der Waals surface area contributed by atoms with E-state index < -0.39 is 0 Å². The van der Waals surface area contributed by atoms with Gasteiger partial charge >= 0.3 is 0 Å². The van der Waals surface area contributed by atoms with Crippen LogP contribution in [-0.2, 0) is 17.3 Å². The molecular formula is C47H58. The number of benzene rings is 3. The summed E-state index contributed by atoms with van der Waals surface area (Å²) >= 11 is 0. The first-order valence-corrected chi connectivity index (χ1v) is 17.9. The zero-order valence-corrected chi connectivity index (χ0v) is 30.8. The van der Waals surface area contributed by atoms with Crippen molar-refractivity contribution in [2.45, 2.75) is 105 Å². The molecule has 0 heterocycles. The van der Waals surface area contributed by atoms with Crippen LogP contribution in [0.1, 0.15) is 113 Å². The van der Waals surface area contributed by atoms with Gasteiger partial charge in [0.25, 0.3) is 0 Å². The van der Waals surface area contributed by atoms with Crippen LogP contribution in [-0.4, -0.2) is 0 Å². The summed E-state index contributed by atoms with van der Waals surface area (Å²) in [6.07, 6.45) is 20.8. The second-order valence-electron chi connectivity index (χ2n) is 14.2. The van der Waals surface area contributed by atoms with Gasteiger partial charge in [-0.05, 0) is 108 Å². The molecule has 7 rings (SSSR count). The van der Waals surface area contributed by atoms with Gasteiger partial charge in [-0.1, -0.05) is 163 Å². The summed E-state index contributed by atoms with van der Waals surface area (Å²) in [4.78, 5) is 0. The third kappa shape index (κ3) is 7.49. The summed E-state index contributed by atoms with van der Waals surface area (Å²) in [5.41, 5.74) is 17.7. The first-order valence-electron chi connectivity index (χ1n) is 17.9. The maximum absolute atomic E-state index is 3.72. The van der Waals surface area contributed by atoms with E-state index in [4.69, 9.17) is 0 Å². The van der Waals surface area contributed by atoms with E-state index in [-0.39, 0.29) is 10.8 Å². The van der Waals surface area contributed by atoms with E-state index >= 15 is 0 Å². The minimum absolute atomic E-state index is 0.141. The molecule has 0 saturated carbocycles. The van der Waals surface area contributed by atoms with Crippen molar-refractivity contribution in [1.82, 2.24) is 0 Å². The van der Waals surface area contributed by atoms with Gasteiger partial charge in [-0.15, -0.1) is 6.58 Å². The molecule has 3 aromatic carbocycles. The number of fused-ring (bicyclic) bond motifs is 5. The Morgan fingerprint density at radius 2 is 1.36 bits per heavy atom. The predicted molar refractivity (Wildman–Crippen MR) is 209 cm³/mol. The molecule has 4 aliphatic rings. The van der Waals surface area contributed by atoms with Crippen LogP contribution >= 0.6 is 0 Å². The third-order valence-corrected chi connectivity index (χ3v) is 10.2.